The van der Waals surface area contributed by atoms with E-state index in [1.165, 1.54) is 36.4 Å². The molecule has 1 amide bonds. The number of aromatic nitrogens is 2. The van der Waals surface area contributed by atoms with Crippen molar-refractivity contribution in [1.82, 2.24) is 15.1 Å². The van der Waals surface area contributed by atoms with Crippen LogP contribution in [0.5, 0.6) is 0 Å². The molecule has 29 heavy (non-hydrogen) atoms. The summed E-state index contributed by atoms with van der Waals surface area (Å²) >= 11 is 0. The lowest BCUT2D eigenvalue weighted by atomic mass is 10.2. The zero-order valence-electron chi connectivity index (χ0n) is 15.8. The van der Waals surface area contributed by atoms with Gasteiger partial charge in [0.05, 0.1) is 11.1 Å². The number of anilines is 1. The highest BCUT2D eigenvalue weighted by Gasteiger charge is 2.14. The summed E-state index contributed by atoms with van der Waals surface area (Å²) in [7, 11) is -3.83. The predicted octanol–water partition coefficient (Wildman–Crippen LogP) is 2.95. The fourth-order valence-corrected chi connectivity index (χ4v) is 3.71. The Labute approximate surface area is 168 Å². The maximum Gasteiger partial charge on any atom is 0.261 e. The highest BCUT2D eigenvalue weighted by molar-refractivity contribution is 7.92. The van der Waals surface area contributed by atoms with Crippen molar-refractivity contribution in [2.24, 2.45) is 0 Å². The average Bonchev–Trinajstić information content (AvgIpc) is 3.11. The van der Waals surface area contributed by atoms with Crippen molar-refractivity contribution in [2.45, 2.75) is 24.8 Å². The van der Waals surface area contributed by atoms with E-state index in [9.17, 15) is 17.6 Å². The second-order valence-electron chi connectivity index (χ2n) is 6.53. The summed E-state index contributed by atoms with van der Waals surface area (Å²) in [4.78, 5) is 12.2. The molecule has 0 spiro atoms. The summed E-state index contributed by atoms with van der Waals surface area (Å²) in [5.74, 6) is -0.756. The van der Waals surface area contributed by atoms with Gasteiger partial charge >= 0.3 is 0 Å². The SMILES string of the molecule is Cc1cnn(CCCNC(=O)c2ccc(NS(=O)(=O)c3ccc(F)cc3)cc2)c1. The number of nitrogens with zero attached hydrogens (tertiary/aromatic N) is 2. The number of carbonyl (C=O) groups is 1. The van der Waals surface area contributed by atoms with E-state index in [2.05, 4.69) is 15.1 Å². The molecule has 7 nitrogen and oxygen atoms in total. The zero-order valence-corrected chi connectivity index (χ0v) is 16.6. The number of sulfonamides is 1. The molecule has 0 saturated carbocycles. The molecule has 0 atom stereocenters. The molecule has 152 valence electrons. The molecule has 3 aromatic rings. The first-order valence-electron chi connectivity index (χ1n) is 8.99. The third kappa shape index (κ3) is 5.64. The van der Waals surface area contributed by atoms with Gasteiger partial charge < -0.3 is 5.32 Å². The fourth-order valence-electron chi connectivity index (χ4n) is 2.65. The minimum absolute atomic E-state index is 0.0481. The molecule has 0 aliphatic heterocycles. The molecule has 0 bridgehead atoms. The lowest BCUT2D eigenvalue weighted by molar-refractivity contribution is 0.0952. The Morgan fingerprint density at radius 1 is 1.10 bits per heavy atom. The van der Waals surface area contributed by atoms with Crippen LogP contribution < -0.4 is 10.0 Å². The van der Waals surface area contributed by atoms with Crippen LogP contribution in [0.4, 0.5) is 10.1 Å². The third-order valence-corrected chi connectivity index (χ3v) is 5.53. The maximum atomic E-state index is 13.0. The summed E-state index contributed by atoms with van der Waals surface area (Å²) < 4.78 is 41.8. The number of hydrogen-bond donors (Lipinski definition) is 2. The van der Waals surface area contributed by atoms with Gasteiger partial charge in [-0.2, -0.15) is 5.10 Å². The Bertz CT molecular complexity index is 1080. The standard InChI is InChI=1S/C20H21FN4O3S/c1-15-13-23-25(14-15)12-2-11-22-20(26)16-3-7-18(8-4-16)24-29(27,28)19-9-5-17(21)6-10-19/h3-10,13-14,24H,2,11-12H2,1H3,(H,22,26). The Morgan fingerprint density at radius 2 is 1.79 bits per heavy atom. The number of benzene rings is 2. The van der Waals surface area contributed by atoms with Crippen LogP contribution in [0.15, 0.2) is 65.8 Å². The van der Waals surface area contributed by atoms with E-state index in [0.717, 1.165) is 24.1 Å². The first-order chi connectivity index (χ1) is 13.8. The van der Waals surface area contributed by atoms with Gasteiger partial charge in [-0.15, -0.1) is 0 Å². The molecule has 1 aromatic heterocycles. The van der Waals surface area contributed by atoms with E-state index in [1.54, 1.807) is 6.20 Å². The van der Waals surface area contributed by atoms with Gasteiger partial charge in [-0.1, -0.05) is 0 Å². The van der Waals surface area contributed by atoms with Gasteiger partial charge in [0, 0.05) is 30.5 Å². The minimum atomic E-state index is -3.83. The number of nitrogens with one attached hydrogen (secondary N) is 2. The van der Waals surface area contributed by atoms with Crippen molar-refractivity contribution in [3.63, 3.8) is 0 Å². The van der Waals surface area contributed by atoms with Crippen LogP contribution in [0.3, 0.4) is 0 Å². The first-order valence-corrected chi connectivity index (χ1v) is 10.5. The molecule has 2 aromatic carbocycles. The predicted molar refractivity (Wildman–Crippen MR) is 108 cm³/mol. The fraction of sp³-hybridized carbons (Fsp3) is 0.200. The van der Waals surface area contributed by atoms with Crippen LogP contribution in [0.25, 0.3) is 0 Å². The average molecular weight is 416 g/mol. The normalized spacial score (nSPS) is 11.2. The topological polar surface area (TPSA) is 93.1 Å². The molecule has 0 radical (unpaired) electrons. The van der Waals surface area contributed by atoms with E-state index < -0.39 is 15.8 Å². The van der Waals surface area contributed by atoms with Gasteiger partial charge in [0.1, 0.15) is 5.82 Å². The number of aryl methyl sites for hydroxylation is 2. The van der Waals surface area contributed by atoms with E-state index in [4.69, 9.17) is 0 Å². The minimum Gasteiger partial charge on any atom is -0.352 e. The van der Waals surface area contributed by atoms with E-state index >= 15 is 0 Å². The van der Waals surface area contributed by atoms with Crippen LogP contribution in [-0.4, -0.2) is 30.7 Å². The number of rotatable bonds is 8. The highest BCUT2D eigenvalue weighted by atomic mass is 32.2. The lowest BCUT2D eigenvalue weighted by Crippen LogP contribution is -2.25. The molecular formula is C20H21FN4O3S. The molecule has 0 fully saturated rings. The molecule has 0 saturated heterocycles. The molecule has 0 aliphatic carbocycles. The molecular weight excluding hydrogens is 395 g/mol. The number of halogens is 1. The van der Waals surface area contributed by atoms with Crippen molar-refractivity contribution in [3.8, 4) is 0 Å². The monoisotopic (exact) mass is 416 g/mol. The Hall–Kier alpha value is -3.20. The second-order valence-corrected chi connectivity index (χ2v) is 8.21. The zero-order chi connectivity index (χ0) is 20.9. The highest BCUT2D eigenvalue weighted by Crippen LogP contribution is 2.17. The lowest BCUT2D eigenvalue weighted by Gasteiger charge is -2.09. The molecule has 3 rings (SSSR count). The number of amides is 1. The molecule has 2 N–H and O–H groups in total. The largest absolute Gasteiger partial charge is 0.352 e. The van der Waals surface area contributed by atoms with Gasteiger partial charge in [-0.25, -0.2) is 12.8 Å². The van der Waals surface area contributed by atoms with Gasteiger partial charge in [0.15, 0.2) is 0 Å². The summed E-state index contributed by atoms with van der Waals surface area (Å²) in [5.41, 5.74) is 1.81. The van der Waals surface area contributed by atoms with E-state index in [1.807, 2.05) is 17.8 Å². The van der Waals surface area contributed by atoms with Crippen LogP contribution in [0, 0.1) is 12.7 Å². The summed E-state index contributed by atoms with van der Waals surface area (Å²) in [6, 6.07) is 10.6. The van der Waals surface area contributed by atoms with Crippen LogP contribution in [-0.2, 0) is 16.6 Å². The van der Waals surface area contributed by atoms with Crippen molar-refractivity contribution in [2.75, 3.05) is 11.3 Å². The Kier molecular flexibility index (Phi) is 6.28. The number of carbonyl (C=O) groups excluding carboxylic acids is 1. The van der Waals surface area contributed by atoms with Crippen molar-refractivity contribution >= 4 is 21.6 Å². The van der Waals surface area contributed by atoms with Gasteiger partial charge in [0.25, 0.3) is 15.9 Å². The van der Waals surface area contributed by atoms with Crippen molar-refractivity contribution in [3.05, 3.63) is 77.9 Å². The maximum absolute atomic E-state index is 13.0. The molecule has 0 aliphatic rings. The molecule has 1 heterocycles. The van der Waals surface area contributed by atoms with Crippen molar-refractivity contribution < 1.29 is 17.6 Å². The van der Waals surface area contributed by atoms with Gasteiger partial charge in [-0.05, 0) is 67.4 Å². The van der Waals surface area contributed by atoms with Gasteiger partial charge in [0.2, 0.25) is 0 Å². The molecule has 0 unspecified atom stereocenters. The van der Waals surface area contributed by atoms with Crippen LogP contribution >= 0.6 is 0 Å². The summed E-state index contributed by atoms with van der Waals surface area (Å²) in [5, 5.41) is 7.01. The Balaban J connectivity index is 1.52. The summed E-state index contributed by atoms with van der Waals surface area (Å²) in [6.45, 7) is 3.17. The van der Waals surface area contributed by atoms with Crippen LogP contribution in [0.1, 0.15) is 22.3 Å². The molecule has 9 heteroatoms. The van der Waals surface area contributed by atoms with E-state index in [-0.39, 0.29) is 10.8 Å². The van der Waals surface area contributed by atoms with Crippen LogP contribution in [0.2, 0.25) is 0 Å². The smallest absolute Gasteiger partial charge is 0.261 e. The second kappa shape index (κ2) is 8.87. The quantitative estimate of drug-likeness (QED) is 0.552. The first kappa shape index (κ1) is 20.5. The van der Waals surface area contributed by atoms with Gasteiger partial charge in [-0.3, -0.25) is 14.2 Å². The number of hydrogen-bond acceptors (Lipinski definition) is 4. The third-order valence-electron chi connectivity index (χ3n) is 4.14. The van der Waals surface area contributed by atoms with Crippen molar-refractivity contribution in [1.29, 1.82) is 0 Å². The Morgan fingerprint density at radius 3 is 2.41 bits per heavy atom. The van der Waals surface area contributed by atoms with E-state index in [0.29, 0.717) is 24.3 Å². The summed E-state index contributed by atoms with van der Waals surface area (Å²) in [6.07, 6.45) is 4.46.